The summed E-state index contributed by atoms with van der Waals surface area (Å²) >= 11 is 0. The number of hydrogen-bond acceptors (Lipinski definition) is 5. The molecule has 1 aromatic rings. The van der Waals surface area contributed by atoms with Gasteiger partial charge < -0.3 is 10.5 Å². The number of benzene rings is 1. The number of carbonyl (C=O) groups is 1. The van der Waals surface area contributed by atoms with E-state index < -0.39 is 27.2 Å². The highest BCUT2D eigenvalue weighted by Crippen LogP contribution is 2.15. The predicted molar refractivity (Wildman–Crippen MR) is 82.4 cm³/mol. The first-order valence-electron chi connectivity index (χ1n) is 6.73. The Morgan fingerprint density at radius 1 is 1.29 bits per heavy atom. The molecule has 21 heavy (non-hydrogen) atoms. The van der Waals surface area contributed by atoms with Crippen LogP contribution in [-0.4, -0.2) is 25.7 Å². The molecule has 0 heterocycles. The van der Waals surface area contributed by atoms with Crippen molar-refractivity contribution in [1.82, 2.24) is 0 Å². The van der Waals surface area contributed by atoms with Crippen LogP contribution in [0.2, 0.25) is 0 Å². The van der Waals surface area contributed by atoms with Crippen molar-refractivity contribution in [2.45, 2.75) is 45.6 Å². The normalized spacial score (nSPS) is 12.2. The first kappa shape index (κ1) is 17.7. The van der Waals surface area contributed by atoms with Crippen LogP contribution in [0.25, 0.3) is 0 Å². The maximum absolute atomic E-state index is 12.1. The van der Waals surface area contributed by atoms with Gasteiger partial charge in [0.2, 0.25) is 0 Å². The molecule has 6 heteroatoms. The first-order valence-corrected chi connectivity index (χ1v) is 8.55. The van der Waals surface area contributed by atoms with E-state index in [1.807, 2.05) is 13.0 Å². The van der Waals surface area contributed by atoms with Crippen molar-refractivity contribution in [2.75, 3.05) is 5.75 Å². The van der Waals surface area contributed by atoms with Gasteiger partial charge in [0.05, 0.1) is 5.75 Å². The number of sulfone groups is 1. The molecule has 0 spiro atoms. The number of rotatable bonds is 5. The Kier molecular flexibility index (Phi) is 5.53. The topological polar surface area (TPSA) is 86.5 Å². The SMILES string of the molecule is Cc1cc(CN)ccc1CS(=O)(=O)CC(=O)OC(C)(C)C. The van der Waals surface area contributed by atoms with Crippen LogP contribution >= 0.6 is 0 Å². The molecule has 1 rings (SSSR count). The summed E-state index contributed by atoms with van der Waals surface area (Å²) in [5.41, 5.74) is 7.33. The lowest BCUT2D eigenvalue weighted by molar-refractivity contribution is -0.151. The third-order valence-electron chi connectivity index (χ3n) is 2.78. The van der Waals surface area contributed by atoms with Gasteiger partial charge in [-0.15, -0.1) is 0 Å². The van der Waals surface area contributed by atoms with Crippen molar-refractivity contribution < 1.29 is 17.9 Å². The largest absolute Gasteiger partial charge is 0.459 e. The van der Waals surface area contributed by atoms with Crippen LogP contribution in [0.1, 0.15) is 37.5 Å². The zero-order valence-corrected chi connectivity index (χ0v) is 13.8. The fraction of sp³-hybridized carbons (Fsp3) is 0.533. The molecule has 0 fully saturated rings. The van der Waals surface area contributed by atoms with Crippen LogP contribution < -0.4 is 5.73 Å². The summed E-state index contributed by atoms with van der Waals surface area (Å²) in [6, 6.07) is 5.40. The van der Waals surface area contributed by atoms with Gasteiger partial charge in [-0.1, -0.05) is 18.2 Å². The Balaban J connectivity index is 2.79. The summed E-state index contributed by atoms with van der Waals surface area (Å²) in [7, 11) is -3.55. The van der Waals surface area contributed by atoms with Gasteiger partial charge in [-0.05, 0) is 44.4 Å². The summed E-state index contributed by atoms with van der Waals surface area (Å²) in [4.78, 5) is 11.6. The molecule has 2 N–H and O–H groups in total. The third-order valence-corrected chi connectivity index (χ3v) is 4.20. The minimum atomic E-state index is -3.55. The van der Waals surface area contributed by atoms with Crippen molar-refractivity contribution in [3.05, 3.63) is 34.9 Å². The quantitative estimate of drug-likeness (QED) is 0.836. The lowest BCUT2D eigenvalue weighted by Crippen LogP contribution is -2.29. The molecule has 0 aliphatic heterocycles. The maximum atomic E-state index is 12.1. The summed E-state index contributed by atoms with van der Waals surface area (Å²) in [6.07, 6.45) is 0. The standard InChI is InChI=1S/C15H23NO4S/c1-11-7-12(8-16)5-6-13(11)9-21(18,19)10-14(17)20-15(2,3)4/h5-7H,8-10,16H2,1-4H3. The molecule has 0 aliphatic rings. The van der Waals surface area contributed by atoms with E-state index in [9.17, 15) is 13.2 Å². The fourth-order valence-electron chi connectivity index (χ4n) is 1.89. The molecular formula is C15H23NO4S. The highest BCUT2D eigenvalue weighted by Gasteiger charge is 2.23. The van der Waals surface area contributed by atoms with Crippen LogP contribution in [0.3, 0.4) is 0 Å². The molecule has 0 saturated heterocycles. The molecule has 0 unspecified atom stereocenters. The van der Waals surface area contributed by atoms with Gasteiger partial charge in [0.15, 0.2) is 9.84 Å². The van der Waals surface area contributed by atoms with Crippen molar-refractivity contribution in [3.8, 4) is 0 Å². The Hall–Kier alpha value is -1.40. The van der Waals surface area contributed by atoms with E-state index in [1.54, 1.807) is 32.9 Å². The lowest BCUT2D eigenvalue weighted by Gasteiger charge is -2.19. The highest BCUT2D eigenvalue weighted by molar-refractivity contribution is 7.91. The molecule has 0 aliphatic carbocycles. The molecular weight excluding hydrogens is 290 g/mol. The first-order chi connectivity index (χ1) is 9.52. The van der Waals surface area contributed by atoms with Crippen LogP contribution in [-0.2, 0) is 31.7 Å². The van der Waals surface area contributed by atoms with E-state index in [0.29, 0.717) is 12.1 Å². The monoisotopic (exact) mass is 313 g/mol. The smallest absolute Gasteiger partial charge is 0.321 e. The van der Waals surface area contributed by atoms with E-state index in [2.05, 4.69) is 0 Å². The van der Waals surface area contributed by atoms with Gasteiger partial charge in [-0.2, -0.15) is 0 Å². The van der Waals surface area contributed by atoms with E-state index in [4.69, 9.17) is 10.5 Å². The molecule has 1 aromatic carbocycles. The van der Waals surface area contributed by atoms with Crippen molar-refractivity contribution in [1.29, 1.82) is 0 Å². The minimum absolute atomic E-state index is 0.178. The average Bonchev–Trinajstić information content (AvgIpc) is 2.28. The lowest BCUT2D eigenvalue weighted by atomic mass is 10.1. The molecule has 0 radical (unpaired) electrons. The van der Waals surface area contributed by atoms with E-state index in [-0.39, 0.29) is 5.75 Å². The van der Waals surface area contributed by atoms with E-state index in [0.717, 1.165) is 11.1 Å². The van der Waals surface area contributed by atoms with Gasteiger partial charge in [-0.25, -0.2) is 8.42 Å². The zero-order chi connectivity index (χ0) is 16.3. The Bertz CT molecular complexity index is 615. The molecule has 118 valence electrons. The molecule has 0 aromatic heterocycles. The van der Waals surface area contributed by atoms with E-state index >= 15 is 0 Å². The third kappa shape index (κ3) is 6.27. The van der Waals surface area contributed by atoms with Crippen LogP contribution in [0.4, 0.5) is 0 Å². The zero-order valence-electron chi connectivity index (χ0n) is 13.0. The second-order valence-electron chi connectivity index (χ2n) is 6.08. The number of aryl methyl sites for hydroxylation is 1. The predicted octanol–water partition coefficient (Wildman–Crippen LogP) is 1.71. The average molecular weight is 313 g/mol. The summed E-state index contributed by atoms with van der Waals surface area (Å²) < 4.78 is 29.2. The number of hydrogen-bond donors (Lipinski definition) is 1. The number of carbonyl (C=O) groups excluding carboxylic acids is 1. The van der Waals surface area contributed by atoms with Crippen molar-refractivity contribution >= 4 is 15.8 Å². The second-order valence-corrected chi connectivity index (χ2v) is 8.15. The number of nitrogens with two attached hydrogens (primary N) is 1. The van der Waals surface area contributed by atoms with E-state index in [1.165, 1.54) is 0 Å². The van der Waals surface area contributed by atoms with Crippen molar-refractivity contribution in [2.24, 2.45) is 5.73 Å². The minimum Gasteiger partial charge on any atom is -0.459 e. The van der Waals surface area contributed by atoms with Crippen LogP contribution in [0.15, 0.2) is 18.2 Å². The molecule has 0 atom stereocenters. The fourth-order valence-corrected chi connectivity index (χ4v) is 3.20. The Labute approximate surface area is 126 Å². The van der Waals surface area contributed by atoms with Crippen LogP contribution in [0, 0.1) is 6.92 Å². The molecule has 0 amide bonds. The van der Waals surface area contributed by atoms with Gasteiger partial charge >= 0.3 is 5.97 Å². The molecule has 0 saturated carbocycles. The molecule has 0 bridgehead atoms. The van der Waals surface area contributed by atoms with Gasteiger partial charge in [0, 0.05) is 6.54 Å². The van der Waals surface area contributed by atoms with Crippen molar-refractivity contribution in [3.63, 3.8) is 0 Å². The Morgan fingerprint density at radius 2 is 1.90 bits per heavy atom. The number of esters is 1. The summed E-state index contributed by atoms with van der Waals surface area (Å²) in [6.45, 7) is 7.34. The second kappa shape index (κ2) is 6.58. The number of ether oxygens (including phenoxy) is 1. The maximum Gasteiger partial charge on any atom is 0.321 e. The van der Waals surface area contributed by atoms with Gasteiger partial charge in [-0.3, -0.25) is 4.79 Å². The Morgan fingerprint density at radius 3 is 2.38 bits per heavy atom. The van der Waals surface area contributed by atoms with Gasteiger partial charge in [0.1, 0.15) is 11.4 Å². The summed E-state index contributed by atoms with van der Waals surface area (Å²) in [5.74, 6) is -1.51. The molecule has 5 nitrogen and oxygen atoms in total. The highest BCUT2D eigenvalue weighted by atomic mass is 32.2. The summed E-state index contributed by atoms with van der Waals surface area (Å²) in [5, 5.41) is 0. The van der Waals surface area contributed by atoms with Crippen LogP contribution in [0.5, 0.6) is 0 Å². The van der Waals surface area contributed by atoms with Gasteiger partial charge in [0.25, 0.3) is 0 Å².